The smallest absolute Gasteiger partial charge is 0.208 e. The Morgan fingerprint density at radius 3 is 2.39 bits per heavy atom. The van der Waals surface area contributed by atoms with Crippen LogP contribution in [0.15, 0.2) is 23.1 Å². The maximum absolute atomic E-state index is 11.9. The van der Waals surface area contributed by atoms with Crippen molar-refractivity contribution in [2.24, 2.45) is 0 Å². The van der Waals surface area contributed by atoms with Gasteiger partial charge in [0, 0.05) is 12.3 Å². The summed E-state index contributed by atoms with van der Waals surface area (Å²) < 4.78 is 11.0. The third-order valence-corrected chi connectivity index (χ3v) is 2.78. The summed E-state index contributed by atoms with van der Waals surface area (Å²) in [5.74, 6) is 1.17. The van der Waals surface area contributed by atoms with Gasteiger partial charge in [-0.05, 0) is 19.9 Å². The molecule has 4 nitrogen and oxygen atoms in total. The van der Waals surface area contributed by atoms with E-state index in [4.69, 9.17) is 21.1 Å². The number of halogens is 1. The molecule has 0 amide bonds. The summed E-state index contributed by atoms with van der Waals surface area (Å²) >= 11 is 5.80. The van der Waals surface area contributed by atoms with Gasteiger partial charge >= 0.3 is 0 Å². The lowest BCUT2D eigenvalue weighted by Crippen LogP contribution is -2.05. The van der Waals surface area contributed by atoms with E-state index in [0.717, 1.165) is 0 Å². The zero-order valence-corrected chi connectivity index (χ0v) is 11.0. The Morgan fingerprint density at radius 1 is 1.17 bits per heavy atom. The molecule has 5 heteroatoms. The summed E-state index contributed by atoms with van der Waals surface area (Å²) in [6.07, 6.45) is 1.47. The first kappa shape index (κ1) is 12.8. The van der Waals surface area contributed by atoms with Gasteiger partial charge in [0.2, 0.25) is 5.43 Å². The zero-order valence-electron chi connectivity index (χ0n) is 10.2. The van der Waals surface area contributed by atoms with E-state index in [1.807, 2.05) is 13.8 Å². The number of hydrogen-bond donors (Lipinski definition) is 1. The van der Waals surface area contributed by atoms with E-state index in [9.17, 15) is 4.79 Å². The number of aromatic amines is 1. The van der Waals surface area contributed by atoms with E-state index in [0.29, 0.717) is 35.6 Å². The lowest BCUT2D eigenvalue weighted by molar-refractivity contribution is 0.288. The third-order valence-electron chi connectivity index (χ3n) is 2.50. The first-order valence-electron chi connectivity index (χ1n) is 5.77. The van der Waals surface area contributed by atoms with Crippen LogP contribution >= 0.6 is 11.6 Å². The highest BCUT2D eigenvalue weighted by molar-refractivity contribution is 6.31. The van der Waals surface area contributed by atoms with Crippen LogP contribution in [-0.4, -0.2) is 18.2 Å². The van der Waals surface area contributed by atoms with Gasteiger partial charge in [0.25, 0.3) is 0 Å². The molecule has 1 heterocycles. The largest absolute Gasteiger partial charge is 0.490 e. The molecule has 0 unspecified atom stereocenters. The van der Waals surface area contributed by atoms with Gasteiger partial charge in [0.15, 0.2) is 11.5 Å². The molecule has 96 valence electrons. The molecule has 2 rings (SSSR count). The highest BCUT2D eigenvalue weighted by atomic mass is 35.5. The molecule has 18 heavy (non-hydrogen) atoms. The minimum atomic E-state index is -0.214. The van der Waals surface area contributed by atoms with Crippen LogP contribution in [0, 0.1) is 0 Å². The Hall–Kier alpha value is -1.68. The molecule has 1 N–H and O–H groups in total. The molecule has 1 aromatic carbocycles. The Morgan fingerprint density at radius 2 is 1.78 bits per heavy atom. The van der Waals surface area contributed by atoms with Crippen molar-refractivity contribution in [1.82, 2.24) is 4.98 Å². The van der Waals surface area contributed by atoms with Gasteiger partial charge in [-0.3, -0.25) is 4.79 Å². The minimum Gasteiger partial charge on any atom is -0.490 e. The van der Waals surface area contributed by atoms with Gasteiger partial charge in [-0.2, -0.15) is 0 Å². The maximum Gasteiger partial charge on any atom is 0.208 e. The molecule has 0 bridgehead atoms. The number of rotatable bonds is 4. The van der Waals surface area contributed by atoms with Crippen LogP contribution in [0.4, 0.5) is 0 Å². The Balaban J connectivity index is 2.68. The normalized spacial score (nSPS) is 10.6. The van der Waals surface area contributed by atoms with E-state index < -0.39 is 0 Å². The van der Waals surface area contributed by atoms with Crippen LogP contribution in [0.1, 0.15) is 13.8 Å². The second-order valence-electron chi connectivity index (χ2n) is 3.68. The number of aromatic nitrogens is 1. The number of fused-ring (bicyclic) bond motifs is 1. The van der Waals surface area contributed by atoms with Crippen LogP contribution in [0.25, 0.3) is 10.9 Å². The molecule has 0 aliphatic heterocycles. The second kappa shape index (κ2) is 5.31. The standard InChI is InChI=1S/C13H14ClNO3/c1-3-17-11-5-8-10(6-12(11)18-4-2)15-7-9(14)13(8)16/h5-7H,3-4H2,1-2H3,(H,15,16). The third kappa shape index (κ3) is 2.29. The van der Waals surface area contributed by atoms with Gasteiger partial charge in [-0.25, -0.2) is 0 Å². The number of ether oxygens (including phenoxy) is 2. The first-order valence-corrected chi connectivity index (χ1v) is 6.15. The predicted molar refractivity (Wildman–Crippen MR) is 71.9 cm³/mol. The summed E-state index contributed by atoms with van der Waals surface area (Å²) in [6, 6.07) is 3.41. The second-order valence-corrected chi connectivity index (χ2v) is 4.08. The molecule has 0 atom stereocenters. The molecule has 2 aromatic rings. The molecule has 0 radical (unpaired) electrons. The average Bonchev–Trinajstić information content (AvgIpc) is 2.36. The molecule has 0 spiro atoms. The Kier molecular flexibility index (Phi) is 3.77. The maximum atomic E-state index is 11.9. The molecule has 0 saturated heterocycles. The Bertz CT molecular complexity index is 621. The monoisotopic (exact) mass is 267 g/mol. The number of pyridine rings is 1. The highest BCUT2D eigenvalue weighted by Crippen LogP contribution is 2.31. The molecule has 0 fully saturated rings. The highest BCUT2D eigenvalue weighted by Gasteiger charge is 2.10. The SMILES string of the molecule is CCOc1cc2[nH]cc(Cl)c(=O)c2cc1OCC. The fraction of sp³-hybridized carbons (Fsp3) is 0.308. The van der Waals surface area contributed by atoms with Crippen molar-refractivity contribution in [3.63, 3.8) is 0 Å². The van der Waals surface area contributed by atoms with Crippen molar-refractivity contribution >= 4 is 22.5 Å². The fourth-order valence-corrected chi connectivity index (χ4v) is 1.90. The van der Waals surface area contributed by atoms with Crippen LogP contribution in [0.3, 0.4) is 0 Å². The molecule has 1 aromatic heterocycles. The van der Waals surface area contributed by atoms with Crippen molar-refractivity contribution in [3.05, 3.63) is 33.6 Å². The van der Waals surface area contributed by atoms with Crippen LogP contribution in [0.2, 0.25) is 5.02 Å². The van der Waals surface area contributed by atoms with Crippen molar-refractivity contribution in [2.75, 3.05) is 13.2 Å². The van der Waals surface area contributed by atoms with Gasteiger partial charge in [0.1, 0.15) is 5.02 Å². The van der Waals surface area contributed by atoms with Crippen LogP contribution in [0.5, 0.6) is 11.5 Å². The van der Waals surface area contributed by atoms with Gasteiger partial charge in [0.05, 0.1) is 24.1 Å². The van der Waals surface area contributed by atoms with Crippen LogP contribution < -0.4 is 14.9 Å². The quantitative estimate of drug-likeness (QED) is 0.926. The molecular formula is C13H14ClNO3. The summed E-state index contributed by atoms with van der Waals surface area (Å²) in [6.45, 7) is 4.81. The van der Waals surface area contributed by atoms with Gasteiger partial charge in [-0.1, -0.05) is 11.6 Å². The van der Waals surface area contributed by atoms with E-state index in [1.165, 1.54) is 6.20 Å². The van der Waals surface area contributed by atoms with Crippen molar-refractivity contribution < 1.29 is 9.47 Å². The van der Waals surface area contributed by atoms with Gasteiger partial charge < -0.3 is 14.5 Å². The van der Waals surface area contributed by atoms with Crippen molar-refractivity contribution in [3.8, 4) is 11.5 Å². The van der Waals surface area contributed by atoms with E-state index in [-0.39, 0.29) is 10.5 Å². The molecule has 0 aliphatic rings. The number of nitrogens with one attached hydrogen (secondary N) is 1. The van der Waals surface area contributed by atoms with Crippen molar-refractivity contribution in [2.45, 2.75) is 13.8 Å². The summed E-state index contributed by atoms with van der Waals surface area (Å²) in [7, 11) is 0. The average molecular weight is 268 g/mol. The zero-order chi connectivity index (χ0) is 13.1. The molecular weight excluding hydrogens is 254 g/mol. The summed E-state index contributed by atoms with van der Waals surface area (Å²) in [4.78, 5) is 14.9. The lowest BCUT2D eigenvalue weighted by Gasteiger charge is -2.11. The fourth-order valence-electron chi connectivity index (χ4n) is 1.74. The molecule has 0 saturated carbocycles. The van der Waals surface area contributed by atoms with E-state index in [2.05, 4.69) is 4.98 Å². The van der Waals surface area contributed by atoms with E-state index in [1.54, 1.807) is 12.1 Å². The minimum absolute atomic E-state index is 0.161. The van der Waals surface area contributed by atoms with E-state index >= 15 is 0 Å². The van der Waals surface area contributed by atoms with Crippen molar-refractivity contribution in [1.29, 1.82) is 0 Å². The topological polar surface area (TPSA) is 51.3 Å². The first-order chi connectivity index (χ1) is 8.67. The lowest BCUT2D eigenvalue weighted by atomic mass is 10.2. The number of benzene rings is 1. The Labute approximate surface area is 109 Å². The number of hydrogen-bond acceptors (Lipinski definition) is 3. The van der Waals surface area contributed by atoms with Crippen LogP contribution in [-0.2, 0) is 0 Å². The summed E-state index contributed by atoms with van der Waals surface area (Å²) in [5, 5.41) is 0.656. The molecule has 0 aliphatic carbocycles. The van der Waals surface area contributed by atoms with Gasteiger partial charge in [-0.15, -0.1) is 0 Å². The predicted octanol–water partition coefficient (Wildman–Crippen LogP) is 2.98. The number of H-pyrrole nitrogens is 1. The summed E-state index contributed by atoms with van der Waals surface area (Å²) in [5.41, 5.74) is 0.464.